The number of nitrogens with zero attached hydrogens (tertiary/aromatic N) is 2. The molecule has 0 saturated heterocycles. The summed E-state index contributed by atoms with van der Waals surface area (Å²) in [6.45, 7) is 9.16. The van der Waals surface area contributed by atoms with Gasteiger partial charge in [-0.2, -0.15) is 0 Å². The third-order valence-corrected chi connectivity index (χ3v) is 14.5. The Balaban J connectivity index is 0.0000238. The van der Waals surface area contributed by atoms with Gasteiger partial charge in [-0.15, -0.1) is 11.8 Å². The van der Waals surface area contributed by atoms with E-state index < -0.39 is 0 Å². The Hall–Kier alpha value is -2.17. The molecule has 0 radical (unpaired) electrons. The molecule has 0 unspecified atom stereocenters. The van der Waals surface area contributed by atoms with Crippen molar-refractivity contribution >= 4 is 22.8 Å². The molecule has 396 valence electrons. The van der Waals surface area contributed by atoms with Crippen LogP contribution in [0.1, 0.15) is 321 Å². The summed E-state index contributed by atoms with van der Waals surface area (Å²) in [6, 6.07) is 17.9. The van der Waals surface area contributed by atoms with E-state index in [2.05, 4.69) is 88.1 Å². The smallest absolute Gasteiger partial charge is 0.0666 e. The van der Waals surface area contributed by atoms with Crippen LogP contribution in [0.5, 0.6) is 0 Å². The predicted octanol–water partition coefficient (Wildman–Crippen LogP) is 22.9. The zero-order valence-electron chi connectivity index (χ0n) is 46.4. The topological polar surface area (TPSA) is 24.7 Å². The van der Waals surface area contributed by atoms with Crippen molar-refractivity contribution in [3.63, 3.8) is 0 Å². The molecule has 0 fully saturated rings. The molecule has 0 heterocycles. The predicted molar refractivity (Wildman–Crippen MR) is 308 cm³/mol. The molecule has 69 heavy (non-hydrogen) atoms. The second-order valence-electron chi connectivity index (χ2n) is 21.0. The van der Waals surface area contributed by atoms with Crippen LogP contribution in [0.25, 0.3) is 0 Å². The molecule has 0 aromatic heterocycles. The first-order valence-corrected chi connectivity index (χ1v) is 30.5. The molecule has 2 aromatic carbocycles. The minimum atomic E-state index is 0. The van der Waals surface area contributed by atoms with Gasteiger partial charge in [-0.25, -0.2) is 0 Å². The van der Waals surface area contributed by atoms with Crippen LogP contribution in [-0.4, -0.2) is 11.4 Å². The summed E-state index contributed by atoms with van der Waals surface area (Å²) < 4.78 is 0. The van der Waals surface area contributed by atoms with E-state index in [9.17, 15) is 0 Å². The van der Waals surface area contributed by atoms with E-state index in [0.29, 0.717) is 0 Å². The monoisotopic (exact) mass is 991 g/mol. The maximum atomic E-state index is 5.37. The molecular formula is C66H112N2Ni. The third kappa shape index (κ3) is 39.1. The fourth-order valence-corrected chi connectivity index (χ4v) is 9.92. The first-order chi connectivity index (χ1) is 33.7. The van der Waals surface area contributed by atoms with Crippen LogP contribution in [0.2, 0.25) is 0 Å². The van der Waals surface area contributed by atoms with Gasteiger partial charge in [0.05, 0.1) is 22.8 Å². The van der Waals surface area contributed by atoms with Gasteiger partial charge in [-0.05, 0) is 74.3 Å². The van der Waals surface area contributed by atoms with Gasteiger partial charge < -0.3 is 0 Å². The van der Waals surface area contributed by atoms with Crippen LogP contribution >= 0.6 is 0 Å². The van der Waals surface area contributed by atoms with Crippen LogP contribution in [0.3, 0.4) is 0 Å². The SMILES string of the molecule is CCCCCCCCCCCCCCCCCCCCCCCCCC#CCCc1ccccc1N=C(CC)C(CCCCCCCC)=Nc1ccc(CCCCCCCCCCCCC)cc1.[Ni]. The van der Waals surface area contributed by atoms with Gasteiger partial charge in [-0.1, -0.05) is 296 Å². The molecule has 2 nitrogen and oxygen atoms in total. The molecule has 0 amide bonds. The molecule has 2 rings (SSSR count). The first-order valence-electron chi connectivity index (χ1n) is 30.5. The Morgan fingerprint density at radius 3 is 1.16 bits per heavy atom. The van der Waals surface area contributed by atoms with Gasteiger partial charge in [0.1, 0.15) is 0 Å². The van der Waals surface area contributed by atoms with E-state index in [0.717, 1.165) is 49.2 Å². The van der Waals surface area contributed by atoms with Gasteiger partial charge in [0.25, 0.3) is 0 Å². The minimum absolute atomic E-state index is 0. The second-order valence-corrected chi connectivity index (χ2v) is 21.0. The van der Waals surface area contributed by atoms with Gasteiger partial charge in [0.2, 0.25) is 0 Å². The fraction of sp³-hybridized carbons (Fsp3) is 0.758. The molecule has 0 saturated carbocycles. The molecule has 0 N–H and O–H groups in total. The zero-order valence-corrected chi connectivity index (χ0v) is 47.3. The summed E-state index contributed by atoms with van der Waals surface area (Å²) in [5.41, 5.74) is 7.23. The van der Waals surface area contributed by atoms with Crippen LogP contribution < -0.4 is 0 Å². The number of benzene rings is 2. The van der Waals surface area contributed by atoms with Crippen molar-refractivity contribution in [2.24, 2.45) is 9.98 Å². The van der Waals surface area contributed by atoms with Crippen molar-refractivity contribution in [1.29, 1.82) is 0 Å². The molecule has 0 aliphatic carbocycles. The average Bonchev–Trinajstić information content (AvgIpc) is 3.36. The van der Waals surface area contributed by atoms with Crippen molar-refractivity contribution in [3.8, 4) is 11.8 Å². The largest absolute Gasteiger partial charge is 0.252 e. The normalized spacial score (nSPS) is 11.8. The van der Waals surface area contributed by atoms with Crippen LogP contribution in [0.15, 0.2) is 58.5 Å². The van der Waals surface area contributed by atoms with Crippen LogP contribution in [0, 0.1) is 11.8 Å². The van der Waals surface area contributed by atoms with Crippen LogP contribution in [0.4, 0.5) is 11.4 Å². The fourth-order valence-electron chi connectivity index (χ4n) is 9.92. The van der Waals surface area contributed by atoms with Gasteiger partial charge in [0.15, 0.2) is 0 Å². The van der Waals surface area contributed by atoms with E-state index in [-0.39, 0.29) is 16.5 Å². The molecule has 3 heteroatoms. The third-order valence-electron chi connectivity index (χ3n) is 14.5. The number of para-hydroxylation sites is 1. The molecule has 0 atom stereocenters. The van der Waals surface area contributed by atoms with Crippen molar-refractivity contribution in [2.45, 2.75) is 323 Å². The summed E-state index contributed by atoms with van der Waals surface area (Å²) >= 11 is 0. The molecule has 2 aromatic rings. The summed E-state index contributed by atoms with van der Waals surface area (Å²) in [5, 5.41) is 0. The molecule has 0 aliphatic heterocycles. The van der Waals surface area contributed by atoms with E-state index in [1.807, 2.05) is 0 Å². The standard InChI is InChI=1S/C66H112N2.Ni/c1-5-9-12-15-18-20-22-23-24-25-26-27-28-29-30-31-32-33-34-35-36-37-39-41-43-45-48-53-62-54-50-51-55-65(62)68-64(8-4)66(56-49-46-17-14-11-7-3)67-63-59-57-61(58-60-63)52-47-44-42-40-38-21-19-16-13-10-6-2;/h50-51,54-55,57-60H,5-42,44,46-49,52-53,56H2,1-4H3;. The van der Waals surface area contributed by atoms with E-state index in [4.69, 9.17) is 9.98 Å². The molecule has 0 bridgehead atoms. The number of hydrogen-bond donors (Lipinski definition) is 0. The minimum Gasteiger partial charge on any atom is -0.252 e. The Labute approximate surface area is 441 Å². The molecule has 0 spiro atoms. The number of aryl methyl sites for hydroxylation is 2. The van der Waals surface area contributed by atoms with Gasteiger partial charge in [0, 0.05) is 29.3 Å². The Kier molecular flexibility index (Phi) is 47.7. The quantitative estimate of drug-likeness (QED) is 0.0273. The Morgan fingerprint density at radius 2 is 0.725 bits per heavy atom. The average molecular weight is 992 g/mol. The summed E-state index contributed by atoms with van der Waals surface area (Å²) in [5.74, 6) is 7.02. The summed E-state index contributed by atoms with van der Waals surface area (Å²) in [7, 11) is 0. The molecule has 0 aliphatic rings. The first kappa shape index (κ1) is 64.8. The maximum Gasteiger partial charge on any atom is 0.0666 e. The number of aliphatic imine (C=N–C) groups is 2. The van der Waals surface area contributed by atoms with Crippen molar-refractivity contribution < 1.29 is 16.5 Å². The summed E-state index contributed by atoms with van der Waals surface area (Å²) in [4.78, 5) is 10.7. The van der Waals surface area contributed by atoms with E-state index in [1.54, 1.807) is 0 Å². The number of hydrogen-bond acceptors (Lipinski definition) is 2. The van der Waals surface area contributed by atoms with Crippen molar-refractivity contribution in [2.75, 3.05) is 0 Å². The van der Waals surface area contributed by atoms with Crippen LogP contribution in [-0.2, 0) is 29.3 Å². The van der Waals surface area contributed by atoms with Crippen molar-refractivity contribution in [3.05, 3.63) is 59.7 Å². The number of rotatable bonds is 48. The van der Waals surface area contributed by atoms with Gasteiger partial charge in [-0.3, -0.25) is 9.98 Å². The zero-order chi connectivity index (χ0) is 48.5. The van der Waals surface area contributed by atoms with E-state index >= 15 is 0 Å². The van der Waals surface area contributed by atoms with E-state index in [1.165, 1.54) is 280 Å². The maximum absolute atomic E-state index is 5.37. The Bertz CT molecular complexity index is 1510. The second kappa shape index (κ2) is 50.8. The Morgan fingerprint density at radius 1 is 0.348 bits per heavy atom. The summed E-state index contributed by atoms with van der Waals surface area (Å²) in [6.07, 6.45) is 62.0. The number of unbranched alkanes of at least 4 members (excludes halogenated alkanes) is 38. The van der Waals surface area contributed by atoms with Crippen molar-refractivity contribution in [1.82, 2.24) is 0 Å². The molecular weight excluding hydrogens is 879 g/mol. The van der Waals surface area contributed by atoms with Gasteiger partial charge >= 0.3 is 0 Å².